The number of hydrogen-bond acceptors (Lipinski definition) is 2. The summed E-state index contributed by atoms with van der Waals surface area (Å²) in [6.45, 7) is 6.39. The molecule has 0 atom stereocenters. The fourth-order valence-electron chi connectivity index (χ4n) is 3.62. The second-order valence-electron chi connectivity index (χ2n) is 6.99. The molecule has 2 rings (SSSR count). The first-order valence-electron chi connectivity index (χ1n) is 8.12. The van der Waals surface area contributed by atoms with Gasteiger partial charge >= 0.3 is 0 Å². The summed E-state index contributed by atoms with van der Waals surface area (Å²) in [6.07, 6.45) is 5.05. The maximum Gasteiger partial charge on any atom is 0.0406 e. The minimum absolute atomic E-state index is 0.172. The molecule has 21 heavy (non-hydrogen) atoms. The van der Waals surface area contributed by atoms with Crippen LogP contribution >= 0.6 is 11.6 Å². The summed E-state index contributed by atoms with van der Waals surface area (Å²) in [6, 6.07) is 8.16. The second-order valence-corrected chi connectivity index (χ2v) is 7.43. The van der Waals surface area contributed by atoms with Crippen LogP contribution in [-0.2, 0) is 6.54 Å². The van der Waals surface area contributed by atoms with Crippen molar-refractivity contribution in [3.63, 3.8) is 0 Å². The summed E-state index contributed by atoms with van der Waals surface area (Å²) in [5.74, 6) is 1.66. The number of likely N-dealkylation sites (N-methyl/N-ethyl adjacent to an activating group) is 1. The van der Waals surface area contributed by atoms with Gasteiger partial charge in [0.15, 0.2) is 0 Å². The number of nitrogens with zero attached hydrogens (tertiary/aromatic N) is 1. The lowest BCUT2D eigenvalue weighted by Gasteiger charge is -2.47. The zero-order valence-electron chi connectivity index (χ0n) is 13.6. The van der Waals surface area contributed by atoms with Crippen LogP contribution in [0.4, 0.5) is 0 Å². The molecule has 1 fully saturated rings. The first-order valence-corrected chi connectivity index (χ1v) is 8.50. The molecule has 3 heteroatoms. The molecule has 0 aromatic heterocycles. The van der Waals surface area contributed by atoms with Gasteiger partial charge in [0, 0.05) is 23.7 Å². The third kappa shape index (κ3) is 4.00. The lowest BCUT2D eigenvalue weighted by molar-refractivity contribution is 0.0498. The molecule has 1 aromatic carbocycles. The van der Waals surface area contributed by atoms with Crippen LogP contribution in [0.3, 0.4) is 0 Å². The molecular formula is C18H29ClN2. The Kier molecular flexibility index (Phi) is 5.70. The zero-order valence-corrected chi connectivity index (χ0v) is 14.4. The molecule has 118 valence electrons. The monoisotopic (exact) mass is 308 g/mol. The molecule has 0 bridgehead atoms. The Hall–Kier alpha value is -0.570. The normalized spacial score (nSPS) is 26.5. The lowest BCUT2D eigenvalue weighted by Crippen LogP contribution is -2.54. The van der Waals surface area contributed by atoms with Crippen LogP contribution in [0.15, 0.2) is 24.3 Å². The highest BCUT2D eigenvalue weighted by molar-refractivity contribution is 6.30. The Morgan fingerprint density at radius 3 is 2.29 bits per heavy atom. The minimum atomic E-state index is 0.172. The number of rotatable bonds is 5. The molecule has 1 aliphatic carbocycles. The van der Waals surface area contributed by atoms with E-state index in [0.717, 1.165) is 29.9 Å². The molecule has 1 saturated carbocycles. The molecule has 0 spiro atoms. The maximum atomic E-state index is 6.18. The Morgan fingerprint density at radius 2 is 1.81 bits per heavy atom. The summed E-state index contributed by atoms with van der Waals surface area (Å²) in [4.78, 5) is 2.47. The van der Waals surface area contributed by atoms with Gasteiger partial charge in [0.2, 0.25) is 0 Å². The Balaban J connectivity index is 2.01. The van der Waals surface area contributed by atoms with E-state index >= 15 is 0 Å². The van der Waals surface area contributed by atoms with Crippen molar-refractivity contribution in [1.29, 1.82) is 0 Å². The van der Waals surface area contributed by atoms with Gasteiger partial charge in [0.25, 0.3) is 0 Å². The van der Waals surface area contributed by atoms with Gasteiger partial charge in [0.05, 0.1) is 0 Å². The van der Waals surface area contributed by atoms with E-state index in [2.05, 4.69) is 37.9 Å². The van der Waals surface area contributed by atoms with E-state index in [1.807, 2.05) is 12.1 Å². The van der Waals surface area contributed by atoms with E-state index in [-0.39, 0.29) is 5.54 Å². The van der Waals surface area contributed by atoms with Crippen LogP contribution in [0.25, 0.3) is 0 Å². The molecule has 0 unspecified atom stereocenters. The van der Waals surface area contributed by atoms with Crippen molar-refractivity contribution >= 4 is 11.6 Å². The molecule has 0 aliphatic heterocycles. The highest BCUT2D eigenvalue weighted by Crippen LogP contribution is 2.38. The first-order chi connectivity index (χ1) is 9.97. The topological polar surface area (TPSA) is 29.3 Å². The van der Waals surface area contributed by atoms with Gasteiger partial charge in [-0.25, -0.2) is 0 Å². The summed E-state index contributed by atoms with van der Waals surface area (Å²) in [5, 5.41) is 0.799. The van der Waals surface area contributed by atoms with E-state index in [1.165, 1.54) is 31.2 Å². The molecule has 2 nitrogen and oxygen atoms in total. The predicted molar refractivity (Wildman–Crippen MR) is 91.5 cm³/mol. The van der Waals surface area contributed by atoms with Crippen molar-refractivity contribution in [2.75, 3.05) is 13.6 Å². The quantitative estimate of drug-likeness (QED) is 0.878. The van der Waals surface area contributed by atoms with Gasteiger partial charge in [-0.1, -0.05) is 37.6 Å². The van der Waals surface area contributed by atoms with Crippen LogP contribution in [0.2, 0.25) is 5.02 Å². The van der Waals surface area contributed by atoms with Gasteiger partial charge in [0.1, 0.15) is 0 Å². The first kappa shape index (κ1) is 16.8. The molecule has 0 radical (unpaired) electrons. The van der Waals surface area contributed by atoms with Gasteiger partial charge in [-0.2, -0.15) is 0 Å². The maximum absolute atomic E-state index is 6.18. The van der Waals surface area contributed by atoms with Crippen LogP contribution in [0.5, 0.6) is 0 Å². The summed E-state index contributed by atoms with van der Waals surface area (Å²) < 4.78 is 0. The molecule has 1 aliphatic rings. The summed E-state index contributed by atoms with van der Waals surface area (Å²) in [7, 11) is 2.22. The molecule has 1 aromatic rings. The van der Waals surface area contributed by atoms with Gasteiger partial charge < -0.3 is 5.73 Å². The molecule has 0 saturated heterocycles. The Labute approximate surface area is 134 Å². The Bertz CT molecular complexity index is 433. The van der Waals surface area contributed by atoms with Crippen molar-refractivity contribution in [3.05, 3.63) is 34.9 Å². The average Bonchev–Trinajstić information content (AvgIpc) is 2.49. The third-order valence-electron chi connectivity index (χ3n) is 5.43. The van der Waals surface area contributed by atoms with Gasteiger partial charge in [-0.15, -0.1) is 0 Å². The fourth-order valence-corrected chi connectivity index (χ4v) is 3.74. The zero-order chi connectivity index (χ0) is 15.5. The number of halogens is 1. The number of hydrogen-bond donors (Lipinski definition) is 1. The summed E-state index contributed by atoms with van der Waals surface area (Å²) >= 11 is 5.96. The predicted octanol–water partition coefficient (Wildman–Crippen LogP) is 4.32. The number of benzene rings is 1. The molecule has 0 heterocycles. The SMILES string of the molecule is CC(C)C1CCC(CN)(N(C)Cc2ccc(Cl)cc2)CC1. The highest BCUT2D eigenvalue weighted by Gasteiger charge is 2.38. The smallest absolute Gasteiger partial charge is 0.0406 e. The van der Waals surface area contributed by atoms with Crippen molar-refractivity contribution in [2.24, 2.45) is 17.6 Å². The van der Waals surface area contributed by atoms with Crippen LogP contribution in [-0.4, -0.2) is 24.0 Å². The highest BCUT2D eigenvalue weighted by atomic mass is 35.5. The molecular weight excluding hydrogens is 280 g/mol. The van der Waals surface area contributed by atoms with Crippen LogP contribution in [0.1, 0.15) is 45.1 Å². The third-order valence-corrected chi connectivity index (χ3v) is 5.68. The van der Waals surface area contributed by atoms with Crippen molar-refractivity contribution < 1.29 is 0 Å². The average molecular weight is 309 g/mol. The van der Waals surface area contributed by atoms with E-state index in [4.69, 9.17) is 17.3 Å². The van der Waals surface area contributed by atoms with E-state index in [9.17, 15) is 0 Å². The molecule has 2 N–H and O–H groups in total. The standard InChI is InChI=1S/C18H29ClN2/c1-14(2)16-8-10-18(13-20,11-9-16)21(3)12-15-4-6-17(19)7-5-15/h4-7,14,16H,8-13,20H2,1-3H3. The second kappa shape index (κ2) is 7.13. The van der Waals surface area contributed by atoms with Crippen molar-refractivity contribution in [2.45, 2.75) is 51.6 Å². The van der Waals surface area contributed by atoms with Crippen LogP contribution in [0, 0.1) is 11.8 Å². The minimum Gasteiger partial charge on any atom is -0.329 e. The van der Waals surface area contributed by atoms with Gasteiger partial charge in [-0.05, 0) is 62.3 Å². The van der Waals surface area contributed by atoms with E-state index < -0.39 is 0 Å². The lowest BCUT2D eigenvalue weighted by atomic mass is 9.72. The Morgan fingerprint density at radius 1 is 1.24 bits per heavy atom. The number of nitrogens with two attached hydrogens (primary N) is 1. The van der Waals surface area contributed by atoms with Crippen LogP contribution < -0.4 is 5.73 Å². The molecule has 0 amide bonds. The van der Waals surface area contributed by atoms with Gasteiger partial charge in [-0.3, -0.25) is 4.90 Å². The van der Waals surface area contributed by atoms with E-state index in [1.54, 1.807) is 0 Å². The van der Waals surface area contributed by atoms with Crippen molar-refractivity contribution in [1.82, 2.24) is 4.90 Å². The van der Waals surface area contributed by atoms with Crippen molar-refractivity contribution in [3.8, 4) is 0 Å². The van der Waals surface area contributed by atoms with E-state index in [0.29, 0.717) is 0 Å². The summed E-state index contributed by atoms with van der Waals surface area (Å²) in [5.41, 5.74) is 7.65. The largest absolute Gasteiger partial charge is 0.329 e. The fraction of sp³-hybridized carbons (Fsp3) is 0.667.